The molecule has 0 unspecified atom stereocenters. The number of halogens is 1. The van der Waals surface area contributed by atoms with E-state index in [9.17, 15) is 4.39 Å². The minimum absolute atomic E-state index is 0.0812. The summed E-state index contributed by atoms with van der Waals surface area (Å²) in [6.07, 6.45) is 0. The van der Waals surface area contributed by atoms with E-state index in [1.54, 1.807) is 12.1 Å². The molecule has 0 amide bonds. The average Bonchev–Trinajstić information content (AvgIpc) is 3.06. The molecular weight excluding hydrogens is 305 g/mol. The molecule has 0 bridgehead atoms. The lowest BCUT2D eigenvalue weighted by atomic mass is 9.96. The van der Waals surface area contributed by atoms with Gasteiger partial charge >= 0.3 is 0 Å². The van der Waals surface area contributed by atoms with Crippen molar-refractivity contribution in [3.63, 3.8) is 0 Å². The van der Waals surface area contributed by atoms with E-state index in [-0.39, 0.29) is 11.9 Å². The summed E-state index contributed by atoms with van der Waals surface area (Å²) in [6, 6.07) is 16.3. The van der Waals surface area contributed by atoms with Crippen LogP contribution in [0.5, 0.6) is 0 Å². The molecule has 0 aliphatic carbocycles. The first-order chi connectivity index (χ1) is 11.6. The molecule has 4 nitrogen and oxygen atoms in total. The zero-order chi connectivity index (χ0) is 16.9. The molecule has 3 rings (SSSR count). The van der Waals surface area contributed by atoms with Gasteiger partial charge in [-0.15, -0.1) is 10.2 Å². The molecule has 3 aromatic rings. The van der Waals surface area contributed by atoms with Crippen molar-refractivity contribution in [2.24, 2.45) is 5.92 Å². The van der Waals surface area contributed by atoms with Crippen molar-refractivity contribution in [2.75, 3.05) is 0 Å². The van der Waals surface area contributed by atoms with Gasteiger partial charge in [-0.3, -0.25) is 0 Å². The van der Waals surface area contributed by atoms with Crippen LogP contribution in [0.15, 0.2) is 59.0 Å². The van der Waals surface area contributed by atoms with E-state index in [1.165, 1.54) is 12.1 Å². The number of nitrogens with one attached hydrogen (secondary N) is 1. The lowest BCUT2D eigenvalue weighted by Gasteiger charge is -2.22. The fourth-order valence-electron chi connectivity index (χ4n) is 2.63. The van der Waals surface area contributed by atoms with Gasteiger partial charge in [0, 0.05) is 11.6 Å². The fraction of sp³-hybridized carbons (Fsp3) is 0.263. The smallest absolute Gasteiger partial charge is 0.247 e. The second kappa shape index (κ2) is 7.36. The molecule has 1 N–H and O–H groups in total. The van der Waals surface area contributed by atoms with E-state index in [4.69, 9.17) is 4.42 Å². The summed E-state index contributed by atoms with van der Waals surface area (Å²) in [6.45, 7) is 4.69. The Labute approximate surface area is 140 Å². The summed E-state index contributed by atoms with van der Waals surface area (Å²) in [7, 11) is 0. The molecule has 24 heavy (non-hydrogen) atoms. The van der Waals surface area contributed by atoms with E-state index in [0.717, 1.165) is 11.1 Å². The monoisotopic (exact) mass is 325 g/mol. The van der Waals surface area contributed by atoms with Gasteiger partial charge in [-0.1, -0.05) is 44.2 Å². The Kier molecular flexibility index (Phi) is 5.01. The highest BCUT2D eigenvalue weighted by atomic mass is 19.1. The molecule has 1 aromatic heterocycles. The summed E-state index contributed by atoms with van der Waals surface area (Å²) >= 11 is 0. The van der Waals surface area contributed by atoms with Gasteiger partial charge in [0.25, 0.3) is 0 Å². The Hall–Kier alpha value is -2.53. The average molecular weight is 325 g/mol. The van der Waals surface area contributed by atoms with Gasteiger partial charge in [0.1, 0.15) is 5.82 Å². The largest absolute Gasteiger partial charge is 0.419 e. The molecule has 0 fully saturated rings. The molecule has 2 aromatic carbocycles. The van der Waals surface area contributed by atoms with Crippen LogP contribution in [0.3, 0.4) is 0 Å². The van der Waals surface area contributed by atoms with Gasteiger partial charge in [0.2, 0.25) is 11.8 Å². The summed E-state index contributed by atoms with van der Waals surface area (Å²) in [5.74, 6) is 1.15. The molecule has 0 radical (unpaired) electrons. The summed E-state index contributed by atoms with van der Waals surface area (Å²) < 4.78 is 18.8. The molecule has 0 aliphatic heterocycles. The number of aromatic nitrogens is 2. The predicted octanol–water partition coefficient (Wildman–Crippen LogP) is 4.36. The molecular formula is C19H20FN3O. The van der Waals surface area contributed by atoms with Gasteiger partial charge in [-0.2, -0.15) is 0 Å². The van der Waals surface area contributed by atoms with Gasteiger partial charge in [-0.05, 0) is 35.7 Å². The van der Waals surface area contributed by atoms with Gasteiger partial charge in [0.15, 0.2) is 0 Å². The van der Waals surface area contributed by atoms with Crippen LogP contribution in [-0.4, -0.2) is 10.2 Å². The first kappa shape index (κ1) is 16.3. The van der Waals surface area contributed by atoms with Crippen LogP contribution in [0.1, 0.15) is 31.3 Å². The van der Waals surface area contributed by atoms with Crippen LogP contribution < -0.4 is 5.32 Å². The van der Waals surface area contributed by atoms with Crippen LogP contribution in [0.25, 0.3) is 11.5 Å². The quantitative estimate of drug-likeness (QED) is 0.731. The Morgan fingerprint density at radius 1 is 1.00 bits per heavy atom. The molecule has 124 valence electrons. The molecule has 5 heteroatoms. The summed E-state index contributed by atoms with van der Waals surface area (Å²) in [5.41, 5.74) is 1.93. The Morgan fingerprint density at radius 3 is 2.38 bits per heavy atom. The van der Waals surface area contributed by atoms with Crippen LogP contribution in [-0.2, 0) is 6.54 Å². The highest BCUT2D eigenvalue weighted by Gasteiger charge is 2.17. The minimum Gasteiger partial charge on any atom is -0.419 e. The number of hydrogen-bond donors (Lipinski definition) is 1. The molecule has 0 aliphatic rings. The van der Waals surface area contributed by atoms with Crippen molar-refractivity contribution >= 4 is 0 Å². The third kappa shape index (κ3) is 3.86. The number of rotatable bonds is 6. The third-order valence-corrected chi connectivity index (χ3v) is 3.86. The van der Waals surface area contributed by atoms with Gasteiger partial charge in [0.05, 0.1) is 6.54 Å². The first-order valence-electron chi connectivity index (χ1n) is 8.00. The van der Waals surface area contributed by atoms with Gasteiger partial charge < -0.3 is 9.73 Å². The maximum Gasteiger partial charge on any atom is 0.247 e. The standard InChI is InChI=1S/C19H20FN3O/c1-13(2)18(14-8-10-16(20)11-9-14)21-12-17-22-23-19(24-17)15-6-4-3-5-7-15/h3-11,13,18,21H,12H2,1-2H3/t18-/m0/s1. The van der Waals surface area contributed by atoms with Crippen molar-refractivity contribution in [3.05, 3.63) is 71.9 Å². The van der Waals surface area contributed by atoms with E-state index in [1.807, 2.05) is 30.3 Å². The van der Waals surface area contributed by atoms with E-state index < -0.39 is 0 Å². The number of hydrogen-bond acceptors (Lipinski definition) is 4. The third-order valence-electron chi connectivity index (χ3n) is 3.86. The summed E-state index contributed by atoms with van der Waals surface area (Å²) in [5, 5.41) is 11.6. The second-order valence-electron chi connectivity index (χ2n) is 6.02. The van der Waals surface area contributed by atoms with E-state index in [0.29, 0.717) is 24.2 Å². The van der Waals surface area contributed by atoms with E-state index in [2.05, 4.69) is 29.4 Å². The number of nitrogens with zero attached hydrogens (tertiary/aromatic N) is 2. The molecule has 0 saturated heterocycles. The maximum absolute atomic E-state index is 13.1. The van der Waals surface area contributed by atoms with Crippen LogP contribution in [0.4, 0.5) is 4.39 Å². The van der Waals surface area contributed by atoms with Gasteiger partial charge in [-0.25, -0.2) is 4.39 Å². The van der Waals surface area contributed by atoms with Crippen LogP contribution in [0, 0.1) is 11.7 Å². The fourth-order valence-corrected chi connectivity index (χ4v) is 2.63. The van der Waals surface area contributed by atoms with Crippen molar-refractivity contribution in [3.8, 4) is 11.5 Å². The Bertz CT molecular complexity index is 769. The van der Waals surface area contributed by atoms with Crippen LogP contribution in [0.2, 0.25) is 0 Å². The summed E-state index contributed by atoms with van der Waals surface area (Å²) in [4.78, 5) is 0. The molecule has 1 heterocycles. The normalized spacial score (nSPS) is 12.5. The Balaban J connectivity index is 1.69. The SMILES string of the molecule is CC(C)[C@H](NCc1nnc(-c2ccccc2)o1)c1ccc(F)cc1. The predicted molar refractivity (Wildman–Crippen MR) is 90.6 cm³/mol. The lowest BCUT2D eigenvalue weighted by molar-refractivity contribution is 0.380. The lowest BCUT2D eigenvalue weighted by Crippen LogP contribution is -2.25. The second-order valence-corrected chi connectivity index (χ2v) is 6.02. The van der Waals surface area contributed by atoms with Crippen molar-refractivity contribution in [1.82, 2.24) is 15.5 Å². The topological polar surface area (TPSA) is 51.0 Å². The van der Waals surface area contributed by atoms with Crippen LogP contribution >= 0.6 is 0 Å². The minimum atomic E-state index is -0.231. The van der Waals surface area contributed by atoms with Crippen molar-refractivity contribution in [2.45, 2.75) is 26.4 Å². The number of benzene rings is 2. The highest BCUT2D eigenvalue weighted by Crippen LogP contribution is 2.23. The molecule has 1 atom stereocenters. The molecule has 0 saturated carbocycles. The van der Waals surface area contributed by atoms with Crippen molar-refractivity contribution in [1.29, 1.82) is 0 Å². The first-order valence-corrected chi connectivity index (χ1v) is 8.00. The molecule has 0 spiro atoms. The van der Waals surface area contributed by atoms with Crippen molar-refractivity contribution < 1.29 is 8.81 Å². The van der Waals surface area contributed by atoms with E-state index >= 15 is 0 Å². The zero-order valence-electron chi connectivity index (χ0n) is 13.7. The maximum atomic E-state index is 13.1. The Morgan fingerprint density at radius 2 is 1.71 bits per heavy atom. The zero-order valence-corrected chi connectivity index (χ0v) is 13.7. The highest BCUT2D eigenvalue weighted by molar-refractivity contribution is 5.51.